The maximum Gasteiger partial charge on any atom is 0.315 e. The van der Waals surface area contributed by atoms with Gasteiger partial charge < -0.3 is 31.9 Å². The minimum atomic E-state index is -1.24. The fraction of sp³-hybridized carbons (Fsp3) is 0.703. The quantitative estimate of drug-likeness (QED) is 0.182. The summed E-state index contributed by atoms with van der Waals surface area (Å²) in [6.07, 6.45) is 7.48. The number of amides is 4. The number of likely N-dealkylation sites (N-methyl/N-ethyl adjacent to an activating group) is 1. The molecular formula is C37H72N6O6S. The number of nitrogens with two attached hydrogens (primary N) is 1. The summed E-state index contributed by atoms with van der Waals surface area (Å²) in [7, 11) is 5.55. The molecule has 6 N–H and O–H groups in total. The van der Waals surface area contributed by atoms with Crippen molar-refractivity contribution in [2.75, 3.05) is 47.0 Å². The SMILES string of the molecule is CC(C)C.CC1CCC1.CCC.CN.CNC.CNC(=O)[C@@H]1CCCN1C(=O)CNC(=O)NC(CS(=O)c1ccccc1)C(C)C.O=CC=O. The number of carbonyl (C=O) groups is 5. The number of hydrogen-bond acceptors (Lipinski definition) is 8. The van der Waals surface area contributed by atoms with Crippen LogP contribution in [0.1, 0.15) is 93.9 Å². The minimum absolute atomic E-state index is 0.0697. The Morgan fingerprint density at radius 2 is 1.38 bits per heavy atom. The fourth-order valence-corrected chi connectivity index (χ4v) is 5.27. The number of nitrogens with one attached hydrogen (secondary N) is 4. The summed E-state index contributed by atoms with van der Waals surface area (Å²) in [6, 6.07) is 7.83. The number of rotatable bonds is 9. The van der Waals surface area contributed by atoms with Crippen molar-refractivity contribution in [3.63, 3.8) is 0 Å². The first-order valence-corrected chi connectivity index (χ1v) is 19.1. The molecule has 0 spiro atoms. The molecule has 3 atom stereocenters. The van der Waals surface area contributed by atoms with Gasteiger partial charge in [-0.1, -0.05) is 99.3 Å². The van der Waals surface area contributed by atoms with Crippen LogP contribution in [0.4, 0.5) is 4.79 Å². The zero-order valence-electron chi connectivity index (χ0n) is 33.2. The van der Waals surface area contributed by atoms with Gasteiger partial charge in [-0.3, -0.25) is 23.4 Å². The predicted octanol–water partition coefficient (Wildman–Crippen LogP) is 4.53. The molecule has 0 bridgehead atoms. The van der Waals surface area contributed by atoms with Crippen molar-refractivity contribution in [2.24, 2.45) is 23.5 Å². The minimum Gasteiger partial charge on any atom is -0.357 e. The van der Waals surface area contributed by atoms with Crippen molar-refractivity contribution >= 4 is 41.2 Å². The van der Waals surface area contributed by atoms with Gasteiger partial charge in [-0.25, -0.2) is 4.79 Å². The van der Waals surface area contributed by atoms with Crippen LogP contribution in [0.25, 0.3) is 0 Å². The van der Waals surface area contributed by atoms with Crippen molar-refractivity contribution in [2.45, 2.75) is 111 Å². The molecule has 1 heterocycles. The molecule has 50 heavy (non-hydrogen) atoms. The smallest absolute Gasteiger partial charge is 0.315 e. The van der Waals surface area contributed by atoms with Crippen LogP contribution in [-0.4, -0.2) is 98.6 Å². The summed E-state index contributed by atoms with van der Waals surface area (Å²) in [5.74, 6) is 1.77. The molecule has 3 rings (SSSR count). The van der Waals surface area contributed by atoms with Gasteiger partial charge in [0.1, 0.15) is 6.04 Å². The van der Waals surface area contributed by atoms with E-state index in [0.717, 1.165) is 18.3 Å². The second-order valence-electron chi connectivity index (χ2n) is 12.6. The second kappa shape index (κ2) is 37.1. The summed E-state index contributed by atoms with van der Waals surface area (Å²) in [5, 5.41) is 10.7. The molecule has 2 aliphatic rings. The summed E-state index contributed by atoms with van der Waals surface area (Å²) < 4.78 is 12.6. The molecule has 12 nitrogen and oxygen atoms in total. The van der Waals surface area contributed by atoms with Gasteiger partial charge in [-0.05, 0) is 63.9 Å². The highest BCUT2D eigenvalue weighted by Crippen LogP contribution is 2.24. The maximum atomic E-state index is 12.6. The number of urea groups is 1. The van der Waals surface area contributed by atoms with Crippen molar-refractivity contribution in [1.29, 1.82) is 0 Å². The Labute approximate surface area is 306 Å². The Bertz CT molecular complexity index is 999. The third-order valence-corrected chi connectivity index (χ3v) is 7.89. The molecule has 2 unspecified atom stereocenters. The van der Waals surface area contributed by atoms with Gasteiger partial charge in [0.15, 0.2) is 12.6 Å². The van der Waals surface area contributed by atoms with Crippen molar-refractivity contribution < 1.29 is 28.2 Å². The number of carbonyl (C=O) groups excluding carboxylic acids is 5. The van der Waals surface area contributed by atoms with Crippen LogP contribution < -0.4 is 27.0 Å². The molecule has 0 aromatic heterocycles. The van der Waals surface area contributed by atoms with Gasteiger partial charge in [0.05, 0.1) is 17.3 Å². The van der Waals surface area contributed by atoms with Crippen molar-refractivity contribution in [3.8, 4) is 0 Å². The predicted molar refractivity (Wildman–Crippen MR) is 208 cm³/mol. The molecule has 1 aromatic carbocycles. The van der Waals surface area contributed by atoms with E-state index in [0.29, 0.717) is 17.9 Å². The molecule has 1 aliphatic carbocycles. The van der Waals surface area contributed by atoms with E-state index in [-0.39, 0.29) is 48.6 Å². The van der Waals surface area contributed by atoms with E-state index in [9.17, 15) is 18.6 Å². The topological polar surface area (TPSA) is 180 Å². The molecule has 1 saturated heterocycles. The normalized spacial score (nSPS) is 15.1. The summed E-state index contributed by atoms with van der Waals surface area (Å²) >= 11 is 0. The van der Waals surface area contributed by atoms with Crippen LogP contribution in [0.3, 0.4) is 0 Å². The average Bonchev–Trinajstić information content (AvgIpc) is 3.58. The molecule has 1 aliphatic heterocycles. The molecule has 1 saturated carbocycles. The van der Waals surface area contributed by atoms with E-state index in [1.165, 1.54) is 37.6 Å². The van der Waals surface area contributed by atoms with Crippen molar-refractivity contribution in [3.05, 3.63) is 30.3 Å². The zero-order valence-corrected chi connectivity index (χ0v) is 34.0. The highest BCUT2D eigenvalue weighted by molar-refractivity contribution is 7.85. The van der Waals surface area contributed by atoms with E-state index in [2.05, 4.69) is 68.5 Å². The van der Waals surface area contributed by atoms with Gasteiger partial charge in [-0.15, -0.1) is 0 Å². The van der Waals surface area contributed by atoms with E-state index < -0.39 is 22.9 Å². The molecule has 2 fully saturated rings. The zero-order chi connectivity index (χ0) is 39.5. The van der Waals surface area contributed by atoms with Gasteiger partial charge in [0.25, 0.3) is 0 Å². The van der Waals surface area contributed by atoms with Crippen LogP contribution in [-0.2, 0) is 30.0 Å². The van der Waals surface area contributed by atoms with E-state index in [4.69, 9.17) is 9.59 Å². The summed E-state index contributed by atoms with van der Waals surface area (Å²) in [5.41, 5.74) is 4.50. The Hall–Kier alpha value is -3.16. The molecule has 1 aromatic rings. The Balaban J connectivity index is -0.000000408. The van der Waals surface area contributed by atoms with E-state index in [1.54, 1.807) is 19.2 Å². The van der Waals surface area contributed by atoms with Gasteiger partial charge in [0, 0.05) is 30.3 Å². The Morgan fingerprint density at radius 3 is 1.74 bits per heavy atom. The van der Waals surface area contributed by atoms with Crippen molar-refractivity contribution in [1.82, 2.24) is 26.2 Å². The monoisotopic (exact) mass is 729 g/mol. The second-order valence-corrected chi connectivity index (χ2v) is 14.1. The number of aldehydes is 2. The van der Waals surface area contributed by atoms with E-state index in [1.807, 2.05) is 46.1 Å². The van der Waals surface area contributed by atoms with Crippen LogP contribution >= 0.6 is 0 Å². The van der Waals surface area contributed by atoms with Crippen LogP contribution in [0, 0.1) is 17.8 Å². The largest absolute Gasteiger partial charge is 0.357 e. The lowest BCUT2D eigenvalue weighted by atomic mass is 9.88. The number of likely N-dealkylation sites (tertiary alicyclic amines) is 1. The van der Waals surface area contributed by atoms with E-state index >= 15 is 0 Å². The summed E-state index contributed by atoms with van der Waals surface area (Å²) in [4.78, 5) is 56.4. The number of nitrogens with zero attached hydrogens (tertiary/aromatic N) is 1. The molecule has 13 heteroatoms. The first-order chi connectivity index (χ1) is 23.7. The fourth-order valence-electron chi connectivity index (χ4n) is 3.83. The van der Waals surface area contributed by atoms with Crippen LogP contribution in [0.5, 0.6) is 0 Å². The molecule has 292 valence electrons. The summed E-state index contributed by atoms with van der Waals surface area (Å²) in [6.45, 7) is 17.3. The highest BCUT2D eigenvalue weighted by Gasteiger charge is 2.33. The third-order valence-electron chi connectivity index (χ3n) is 6.43. The maximum absolute atomic E-state index is 12.6. The highest BCUT2D eigenvalue weighted by atomic mass is 32.2. The molecule has 4 amide bonds. The Kier molecular flexibility index (Phi) is 39.8. The molecular weight excluding hydrogens is 657 g/mol. The van der Waals surface area contributed by atoms with Gasteiger partial charge >= 0.3 is 6.03 Å². The lowest BCUT2D eigenvalue weighted by molar-refractivity contribution is -0.137. The number of benzene rings is 1. The van der Waals surface area contributed by atoms with Gasteiger partial charge in [-0.2, -0.15) is 0 Å². The average molecular weight is 729 g/mol. The third kappa shape index (κ3) is 30.9. The lowest BCUT2D eigenvalue weighted by Crippen LogP contribution is -2.51. The first-order valence-electron chi connectivity index (χ1n) is 17.7. The lowest BCUT2D eigenvalue weighted by Gasteiger charge is -2.25. The first kappa shape index (κ1) is 53.6. The standard InChI is InChI=1S/C20H30N4O4S.C5H10.C4H10.C3H8.C2H7N.C2H2O2.CH5N/c1-14(2)16(13-29(28)15-8-5-4-6-9-15)23-20(27)22-12-18(25)24-11-7-10-17(24)19(26)21-3;1-5-3-2-4-5;1-4(2)3;2*1-3-2;3-1-2-4;1-2/h4-6,8-9,14,16-17H,7,10-13H2,1-3H3,(H,21,26)(H2,22,23,27);5H,2-4H2,1H3;4H,1-3H3;3H2,1-2H3;3H,1-2H3;1-2H;2H2,1H3/t16?,17-,29?;;;;;;/m0....../s1. The van der Waals surface area contributed by atoms with Crippen LogP contribution in [0.2, 0.25) is 0 Å². The number of hydrogen-bond donors (Lipinski definition) is 5. The molecule has 0 radical (unpaired) electrons. The van der Waals surface area contributed by atoms with Crippen LogP contribution in [0.15, 0.2) is 35.2 Å². The Morgan fingerprint density at radius 1 is 0.920 bits per heavy atom. The van der Waals surface area contributed by atoms with Gasteiger partial charge in [0.2, 0.25) is 11.8 Å².